The zero-order valence-corrected chi connectivity index (χ0v) is 7.41. The Bertz CT molecular complexity index is 262. The number of rotatable bonds is 1. The maximum Gasteiger partial charge on any atom is 0.140 e. The molecule has 0 saturated heterocycles. The lowest BCUT2D eigenvalue weighted by atomic mass is 9.86. The molecule has 0 radical (unpaired) electrons. The lowest BCUT2D eigenvalue weighted by Crippen LogP contribution is -2.24. The van der Waals surface area contributed by atoms with Crippen LogP contribution in [0.15, 0.2) is 11.8 Å². The van der Waals surface area contributed by atoms with E-state index in [0.29, 0.717) is 19.4 Å². The van der Waals surface area contributed by atoms with Crippen LogP contribution in [-0.2, 0) is 14.3 Å². The molecule has 1 aliphatic carbocycles. The van der Waals surface area contributed by atoms with Crippen LogP contribution in [0.3, 0.4) is 0 Å². The minimum absolute atomic E-state index is 0.0382. The molecule has 0 spiro atoms. The molecule has 3 nitrogen and oxygen atoms in total. The van der Waals surface area contributed by atoms with Crippen LogP contribution in [0.25, 0.3) is 0 Å². The summed E-state index contributed by atoms with van der Waals surface area (Å²) >= 11 is 0. The smallest absolute Gasteiger partial charge is 0.140 e. The fourth-order valence-corrected chi connectivity index (χ4v) is 1.91. The molecule has 0 N–H and O–H groups in total. The molecule has 0 bridgehead atoms. The highest BCUT2D eigenvalue weighted by molar-refractivity contribution is 6.01. The molecular weight excluding hydrogens is 168 g/mol. The van der Waals surface area contributed by atoms with Crippen molar-refractivity contribution >= 4 is 11.6 Å². The number of carbonyl (C=O) groups is 2. The van der Waals surface area contributed by atoms with Gasteiger partial charge in [0.15, 0.2) is 0 Å². The van der Waals surface area contributed by atoms with E-state index in [9.17, 15) is 9.59 Å². The Morgan fingerprint density at radius 1 is 1.23 bits per heavy atom. The molecule has 0 atom stereocenters. The molecule has 13 heavy (non-hydrogen) atoms. The van der Waals surface area contributed by atoms with Crippen LogP contribution in [0.4, 0.5) is 0 Å². The van der Waals surface area contributed by atoms with Gasteiger partial charge >= 0.3 is 0 Å². The summed E-state index contributed by atoms with van der Waals surface area (Å²) in [4.78, 5) is 22.3. The zero-order valence-electron chi connectivity index (χ0n) is 7.41. The highest BCUT2D eigenvalue weighted by Crippen LogP contribution is 2.29. The van der Waals surface area contributed by atoms with Crippen molar-refractivity contribution in [2.75, 3.05) is 6.61 Å². The van der Waals surface area contributed by atoms with E-state index in [1.54, 1.807) is 0 Å². The lowest BCUT2D eigenvalue weighted by molar-refractivity contribution is -0.131. The van der Waals surface area contributed by atoms with Gasteiger partial charge in [-0.2, -0.15) is 0 Å². The van der Waals surface area contributed by atoms with Crippen molar-refractivity contribution in [1.82, 2.24) is 0 Å². The molecule has 3 heteroatoms. The maximum absolute atomic E-state index is 11.1. The van der Waals surface area contributed by atoms with Crippen LogP contribution in [-0.4, -0.2) is 18.2 Å². The van der Waals surface area contributed by atoms with Crippen molar-refractivity contribution in [2.45, 2.75) is 25.7 Å². The number of Topliss-reactive ketones (excluding diaryl/α,β-unsaturated/α-hetero) is 2. The third-order valence-electron chi connectivity index (χ3n) is 2.48. The number of ether oxygens (including phenoxy) is 1. The van der Waals surface area contributed by atoms with E-state index in [4.69, 9.17) is 4.74 Å². The Morgan fingerprint density at radius 3 is 2.46 bits per heavy atom. The second kappa shape index (κ2) is 3.32. The van der Waals surface area contributed by atoms with E-state index in [1.807, 2.05) is 6.08 Å². The quantitative estimate of drug-likeness (QED) is 0.570. The first-order valence-electron chi connectivity index (χ1n) is 4.62. The standard InChI is InChI=1S/C10H12O3/c11-8-4-7(5-9(12)6-8)10-2-1-3-13-10/h2,7H,1,3-6H2. The van der Waals surface area contributed by atoms with Gasteiger partial charge in [-0.1, -0.05) is 0 Å². The van der Waals surface area contributed by atoms with Gasteiger partial charge in [0.25, 0.3) is 0 Å². The molecule has 1 saturated carbocycles. The third-order valence-corrected chi connectivity index (χ3v) is 2.48. The number of hydrogen-bond acceptors (Lipinski definition) is 3. The number of carbonyl (C=O) groups excluding carboxylic acids is 2. The Balaban J connectivity index is 2.06. The van der Waals surface area contributed by atoms with Crippen LogP contribution in [0.2, 0.25) is 0 Å². The second-order valence-corrected chi connectivity index (χ2v) is 3.60. The van der Waals surface area contributed by atoms with E-state index < -0.39 is 0 Å². The predicted molar refractivity (Wildman–Crippen MR) is 46.0 cm³/mol. The molecular formula is C10H12O3. The second-order valence-electron chi connectivity index (χ2n) is 3.60. The van der Waals surface area contributed by atoms with E-state index in [-0.39, 0.29) is 23.9 Å². The third kappa shape index (κ3) is 1.79. The SMILES string of the molecule is O=C1CC(=O)CC(C2=CCCO2)C1. The minimum atomic E-state index is 0.0382. The number of allylic oxidation sites excluding steroid dienone is 1. The summed E-state index contributed by atoms with van der Waals surface area (Å²) in [5, 5.41) is 0. The Hall–Kier alpha value is -1.12. The minimum Gasteiger partial charge on any atom is -0.498 e. The highest BCUT2D eigenvalue weighted by atomic mass is 16.5. The molecule has 1 aliphatic heterocycles. The molecule has 1 heterocycles. The molecule has 0 aromatic rings. The molecule has 0 amide bonds. The lowest BCUT2D eigenvalue weighted by Gasteiger charge is -2.20. The van der Waals surface area contributed by atoms with Crippen molar-refractivity contribution in [2.24, 2.45) is 5.92 Å². The van der Waals surface area contributed by atoms with Gasteiger partial charge in [-0.3, -0.25) is 9.59 Å². The number of hydrogen-bond donors (Lipinski definition) is 0. The van der Waals surface area contributed by atoms with Gasteiger partial charge in [0.2, 0.25) is 0 Å². The zero-order chi connectivity index (χ0) is 9.26. The van der Waals surface area contributed by atoms with Crippen LogP contribution in [0.1, 0.15) is 25.7 Å². The monoisotopic (exact) mass is 180 g/mol. The summed E-state index contributed by atoms with van der Waals surface area (Å²) in [7, 11) is 0. The first kappa shape index (κ1) is 8.48. The van der Waals surface area contributed by atoms with Crippen molar-refractivity contribution in [3.8, 4) is 0 Å². The summed E-state index contributed by atoms with van der Waals surface area (Å²) in [6.45, 7) is 0.703. The van der Waals surface area contributed by atoms with E-state index >= 15 is 0 Å². The molecule has 70 valence electrons. The Kier molecular flexibility index (Phi) is 2.17. The number of ketones is 2. The average Bonchev–Trinajstić information content (AvgIpc) is 2.53. The molecule has 2 rings (SSSR count). The van der Waals surface area contributed by atoms with Crippen molar-refractivity contribution in [3.63, 3.8) is 0 Å². The van der Waals surface area contributed by atoms with Gasteiger partial charge in [-0.05, 0) is 6.08 Å². The molecule has 0 aromatic heterocycles. The van der Waals surface area contributed by atoms with Crippen LogP contribution < -0.4 is 0 Å². The summed E-state index contributed by atoms with van der Waals surface area (Å²) in [5.74, 6) is 1.01. The first-order valence-corrected chi connectivity index (χ1v) is 4.62. The normalized spacial score (nSPS) is 24.5. The fraction of sp³-hybridized carbons (Fsp3) is 0.600. The highest BCUT2D eigenvalue weighted by Gasteiger charge is 2.29. The maximum atomic E-state index is 11.1. The van der Waals surface area contributed by atoms with E-state index in [1.165, 1.54) is 0 Å². The van der Waals surface area contributed by atoms with Gasteiger partial charge in [-0.25, -0.2) is 0 Å². The van der Waals surface area contributed by atoms with Gasteiger partial charge in [0, 0.05) is 25.2 Å². The van der Waals surface area contributed by atoms with Gasteiger partial charge in [0.05, 0.1) is 18.8 Å². The topological polar surface area (TPSA) is 43.4 Å². The van der Waals surface area contributed by atoms with Crippen molar-refractivity contribution < 1.29 is 14.3 Å². The molecule has 0 aromatic carbocycles. The van der Waals surface area contributed by atoms with Crippen molar-refractivity contribution in [3.05, 3.63) is 11.8 Å². The largest absolute Gasteiger partial charge is 0.498 e. The Labute approximate surface area is 76.8 Å². The van der Waals surface area contributed by atoms with Gasteiger partial charge < -0.3 is 4.74 Å². The van der Waals surface area contributed by atoms with Gasteiger partial charge in [0.1, 0.15) is 11.6 Å². The van der Waals surface area contributed by atoms with Crippen LogP contribution in [0, 0.1) is 5.92 Å². The average molecular weight is 180 g/mol. The summed E-state index contributed by atoms with van der Waals surface area (Å²) in [6.07, 6.45) is 4.00. The molecule has 0 unspecified atom stereocenters. The van der Waals surface area contributed by atoms with E-state index in [0.717, 1.165) is 12.2 Å². The van der Waals surface area contributed by atoms with E-state index in [2.05, 4.69) is 0 Å². The fourth-order valence-electron chi connectivity index (χ4n) is 1.91. The van der Waals surface area contributed by atoms with Crippen LogP contribution >= 0.6 is 0 Å². The van der Waals surface area contributed by atoms with Crippen molar-refractivity contribution in [1.29, 1.82) is 0 Å². The summed E-state index contributed by atoms with van der Waals surface area (Å²) in [6, 6.07) is 0. The molecule has 2 aliphatic rings. The van der Waals surface area contributed by atoms with Crippen LogP contribution in [0.5, 0.6) is 0 Å². The predicted octanol–water partition coefficient (Wildman–Crippen LogP) is 1.23. The molecule has 1 fully saturated rings. The Morgan fingerprint density at radius 2 is 1.92 bits per heavy atom. The summed E-state index contributed by atoms with van der Waals surface area (Å²) < 4.78 is 5.35. The van der Waals surface area contributed by atoms with Gasteiger partial charge in [-0.15, -0.1) is 0 Å². The first-order chi connectivity index (χ1) is 6.25. The summed E-state index contributed by atoms with van der Waals surface area (Å²) in [5.41, 5.74) is 0.